The second kappa shape index (κ2) is 5.44. The second-order valence-electron chi connectivity index (χ2n) is 3.33. The van der Waals surface area contributed by atoms with Gasteiger partial charge in [0.2, 0.25) is 0 Å². The van der Waals surface area contributed by atoms with Crippen LogP contribution >= 0.6 is 0 Å². The Balaban J connectivity index is 2.61. The van der Waals surface area contributed by atoms with Gasteiger partial charge in [-0.2, -0.15) is 0 Å². The lowest BCUT2D eigenvalue weighted by atomic mass is 10.1. The minimum absolute atomic E-state index is 0.170. The zero-order valence-electron chi connectivity index (χ0n) is 8.96. The maximum Gasteiger partial charge on any atom is 0.334 e. The number of benzene rings is 1. The minimum atomic E-state index is -2.47. The topological polar surface area (TPSA) is 66.8 Å². The SMILES string of the molecule is C/C=C/C(=O)OC(O)(O)Cc1ccccc1. The fourth-order valence-corrected chi connectivity index (χ4v) is 1.23. The summed E-state index contributed by atoms with van der Waals surface area (Å²) in [5.41, 5.74) is 0.667. The molecule has 1 aromatic carbocycles. The van der Waals surface area contributed by atoms with Crippen molar-refractivity contribution in [1.82, 2.24) is 0 Å². The molecule has 1 rings (SSSR count). The molecule has 0 spiro atoms. The molecule has 0 fully saturated rings. The Morgan fingerprint density at radius 3 is 2.56 bits per heavy atom. The van der Waals surface area contributed by atoms with E-state index in [1.165, 1.54) is 6.08 Å². The Morgan fingerprint density at radius 1 is 1.38 bits per heavy atom. The van der Waals surface area contributed by atoms with Crippen LogP contribution in [0.5, 0.6) is 0 Å². The molecule has 0 atom stereocenters. The summed E-state index contributed by atoms with van der Waals surface area (Å²) in [6, 6.07) is 8.76. The van der Waals surface area contributed by atoms with Crippen molar-refractivity contribution in [2.24, 2.45) is 0 Å². The van der Waals surface area contributed by atoms with E-state index >= 15 is 0 Å². The third kappa shape index (κ3) is 4.25. The Morgan fingerprint density at radius 2 is 2.00 bits per heavy atom. The Labute approximate surface area is 93.8 Å². The van der Waals surface area contributed by atoms with Crippen molar-refractivity contribution >= 4 is 5.97 Å². The highest BCUT2D eigenvalue weighted by molar-refractivity contribution is 5.81. The van der Waals surface area contributed by atoms with Crippen molar-refractivity contribution in [2.75, 3.05) is 0 Å². The second-order valence-corrected chi connectivity index (χ2v) is 3.33. The third-order valence-electron chi connectivity index (χ3n) is 1.84. The van der Waals surface area contributed by atoms with Gasteiger partial charge in [-0.15, -0.1) is 0 Å². The van der Waals surface area contributed by atoms with Gasteiger partial charge in [0.1, 0.15) is 0 Å². The highest BCUT2D eigenvalue weighted by Gasteiger charge is 2.27. The molecule has 86 valence electrons. The summed E-state index contributed by atoms with van der Waals surface area (Å²) in [7, 11) is 0. The molecule has 0 amide bonds. The van der Waals surface area contributed by atoms with Gasteiger partial charge in [0.05, 0.1) is 6.42 Å². The predicted molar refractivity (Wildman–Crippen MR) is 58.2 cm³/mol. The molecule has 2 N–H and O–H groups in total. The molecule has 0 radical (unpaired) electrons. The van der Waals surface area contributed by atoms with Gasteiger partial charge >= 0.3 is 11.9 Å². The van der Waals surface area contributed by atoms with Gasteiger partial charge in [-0.3, -0.25) is 0 Å². The first-order valence-corrected chi connectivity index (χ1v) is 4.88. The predicted octanol–water partition coefficient (Wildman–Crippen LogP) is 0.987. The quantitative estimate of drug-likeness (QED) is 0.453. The lowest BCUT2D eigenvalue weighted by Crippen LogP contribution is -2.36. The molecule has 4 heteroatoms. The van der Waals surface area contributed by atoms with Crippen molar-refractivity contribution < 1.29 is 19.7 Å². The van der Waals surface area contributed by atoms with Crippen molar-refractivity contribution in [1.29, 1.82) is 0 Å². The Hall–Kier alpha value is -1.65. The molecule has 0 aliphatic rings. The lowest BCUT2D eigenvalue weighted by Gasteiger charge is -2.20. The molecular formula is C12H14O4. The summed E-state index contributed by atoms with van der Waals surface area (Å²) in [4.78, 5) is 11.0. The zero-order valence-corrected chi connectivity index (χ0v) is 8.96. The number of aliphatic hydroxyl groups is 2. The average molecular weight is 222 g/mol. The standard InChI is InChI=1S/C12H14O4/c1-2-6-11(13)16-12(14,15)9-10-7-4-3-5-8-10/h2-8,14-15H,9H2,1H3/b6-2+. The number of esters is 1. The number of rotatable bonds is 4. The van der Waals surface area contributed by atoms with Gasteiger partial charge in [-0.1, -0.05) is 36.4 Å². The summed E-state index contributed by atoms with van der Waals surface area (Å²) in [5, 5.41) is 18.9. The highest BCUT2D eigenvalue weighted by Crippen LogP contribution is 2.12. The van der Waals surface area contributed by atoms with Crippen LogP contribution in [0.4, 0.5) is 0 Å². The van der Waals surface area contributed by atoms with Gasteiger partial charge in [-0.25, -0.2) is 4.79 Å². The first-order valence-electron chi connectivity index (χ1n) is 4.88. The molecule has 0 aromatic heterocycles. The van der Waals surface area contributed by atoms with Gasteiger partial charge in [0, 0.05) is 6.08 Å². The molecule has 0 unspecified atom stereocenters. The van der Waals surface area contributed by atoms with Crippen LogP contribution in [-0.2, 0) is 16.0 Å². The fraction of sp³-hybridized carbons (Fsp3) is 0.250. The van der Waals surface area contributed by atoms with E-state index in [-0.39, 0.29) is 6.42 Å². The number of hydrogen-bond donors (Lipinski definition) is 2. The van der Waals surface area contributed by atoms with Crippen LogP contribution in [0.25, 0.3) is 0 Å². The maximum absolute atomic E-state index is 11.0. The van der Waals surface area contributed by atoms with Crippen LogP contribution < -0.4 is 0 Å². The van der Waals surface area contributed by atoms with Gasteiger partial charge in [-0.05, 0) is 12.5 Å². The number of ether oxygens (including phenoxy) is 1. The molecule has 0 heterocycles. The van der Waals surface area contributed by atoms with Crippen LogP contribution in [0.2, 0.25) is 0 Å². The smallest absolute Gasteiger partial charge is 0.334 e. The van der Waals surface area contributed by atoms with E-state index in [1.807, 2.05) is 6.07 Å². The minimum Gasteiger partial charge on any atom is -0.405 e. The Bertz CT molecular complexity index is 368. The molecule has 0 aliphatic heterocycles. The summed E-state index contributed by atoms with van der Waals surface area (Å²) in [6.45, 7) is 1.63. The monoisotopic (exact) mass is 222 g/mol. The third-order valence-corrected chi connectivity index (χ3v) is 1.84. The van der Waals surface area contributed by atoms with E-state index in [4.69, 9.17) is 0 Å². The molecule has 4 nitrogen and oxygen atoms in total. The van der Waals surface area contributed by atoms with E-state index < -0.39 is 11.9 Å². The largest absolute Gasteiger partial charge is 0.405 e. The summed E-state index contributed by atoms with van der Waals surface area (Å²) >= 11 is 0. The van der Waals surface area contributed by atoms with Crippen LogP contribution in [0.3, 0.4) is 0 Å². The number of allylic oxidation sites excluding steroid dienone is 1. The highest BCUT2D eigenvalue weighted by atomic mass is 16.8. The van der Waals surface area contributed by atoms with E-state index in [2.05, 4.69) is 4.74 Å². The van der Waals surface area contributed by atoms with Gasteiger partial charge in [0.15, 0.2) is 0 Å². The van der Waals surface area contributed by atoms with Crippen molar-refractivity contribution in [2.45, 2.75) is 19.3 Å². The lowest BCUT2D eigenvalue weighted by molar-refractivity contribution is -0.315. The molecule has 16 heavy (non-hydrogen) atoms. The molecule has 1 aromatic rings. The van der Waals surface area contributed by atoms with E-state index in [0.29, 0.717) is 5.56 Å². The van der Waals surface area contributed by atoms with Crippen molar-refractivity contribution in [3.63, 3.8) is 0 Å². The first kappa shape index (κ1) is 12.4. The van der Waals surface area contributed by atoms with Crippen molar-refractivity contribution in [3.8, 4) is 0 Å². The van der Waals surface area contributed by atoms with Crippen LogP contribution in [0.1, 0.15) is 12.5 Å². The van der Waals surface area contributed by atoms with Crippen LogP contribution in [0.15, 0.2) is 42.5 Å². The van der Waals surface area contributed by atoms with Crippen molar-refractivity contribution in [3.05, 3.63) is 48.0 Å². The normalized spacial score (nSPS) is 11.7. The summed E-state index contributed by atoms with van der Waals surface area (Å²) in [6.07, 6.45) is 2.41. The van der Waals surface area contributed by atoms with E-state index in [0.717, 1.165) is 6.08 Å². The van der Waals surface area contributed by atoms with Gasteiger partial charge < -0.3 is 14.9 Å². The number of hydrogen-bond acceptors (Lipinski definition) is 4. The van der Waals surface area contributed by atoms with Crippen LogP contribution in [0, 0.1) is 0 Å². The Kier molecular flexibility index (Phi) is 4.22. The number of carbonyl (C=O) groups is 1. The first-order chi connectivity index (χ1) is 7.53. The summed E-state index contributed by atoms with van der Waals surface area (Å²) in [5.74, 6) is -3.26. The van der Waals surface area contributed by atoms with E-state index in [1.54, 1.807) is 31.2 Å². The van der Waals surface area contributed by atoms with Crippen LogP contribution in [-0.4, -0.2) is 22.2 Å². The van der Waals surface area contributed by atoms with E-state index in [9.17, 15) is 15.0 Å². The molecule has 0 saturated carbocycles. The zero-order chi connectivity index (χ0) is 12.0. The summed E-state index contributed by atoms with van der Waals surface area (Å²) < 4.78 is 4.47. The average Bonchev–Trinajstić information content (AvgIpc) is 2.17. The molecule has 0 aliphatic carbocycles. The maximum atomic E-state index is 11.0. The molecular weight excluding hydrogens is 208 g/mol. The fourth-order valence-electron chi connectivity index (χ4n) is 1.23. The molecule has 0 bridgehead atoms. The molecule has 0 saturated heterocycles. The number of carbonyl (C=O) groups excluding carboxylic acids is 1. The van der Waals surface area contributed by atoms with Gasteiger partial charge in [0.25, 0.3) is 0 Å².